The molecule has 0 fully saturated rings. The summed E-state index contributed by atoms with van der Waals surface area (Å²) < 4.78 is 17.5. The first-order chi connectivity index (χ1) is 10.7. The number of rotatable bonds is 2. The lowest BCUT2D eigenvalue weighted by Gasteiger charge is -2.25. The Labute approximate surface area is 131 Å². The van der Waals surface area contributed by atoms with Crippen LogP contribution in [0.4, 0.5) is 9.52 Å². The Morgan fingerprint density at radius 1 is 1.36 bits per heavy atom. The Balaban J connectivity index is 1.62. The molecule has 1 aliphatic heterocycles. The number of nitrogens with zero attached hydrogens (tertiary/aromatic N) is 3. The highest BCUT2D eigenvalue weighted by Gasteiger charge is 2.18. The van der Waals surface area contributed by atoms with Gasteiger partial charge in [-0.3, -0.25) is 0 Å². The van der Waals surface area contributed by atoms with Crippen molar-refractivity contribution >= 4 is 33.1 Å². The topological polar surface area (TPSA) is 44.8 Å². The van der Waals surface area contributed by atoms with E-state index in [1.165, 1.54) is 28.7 Å². The molecule has 0 spiro atoms. The summed E-state index contributed by atoms with van der Waals surface area (Å²) in [5.41, 5.74) is 3.32. The van der Waals surface area contributed by atoms with Gasteiger partial charge in [0.15, 0.2) is 0 Å². The van der Waals surface area contributed by atoms with Gasteiger partial charge in [-0.2, -0.15) is 4.37 Å². The van der Waals surface area contributed by atoms with Crippen LogP contribution in [0, 0.1) is 12.7 Å². The van der Waals surface area contributed by atoms with Crippen LogP contribution in [-0.2, 0) is 0 Å². The van der Waals surface area contributed by atoms with Crippen molar-refractivity contribution in [3.8, 4) is 0 Å². The molecule has 1 N–H and O–H groups in total. The van der Waals surface area contributed by atoms with Gasteiger partial charge in [-0.15, -0.1) is 0 Å². The summed E-state index contributed by atoms with van der Waals surface area (Å²) >= 11 is 1.45. The summed E-state index contributed by atoms with van der Waals surface area (Å²) in [5, 5.41) is 2.06. The van der Waals surface area contributed by atoms with Gasteiger partial charge in [0.05, 0.1) is 0 Å². The molecule has 0 aliphatic carbocycles. The van der Waals surface area contributed by atoms with Crippen LogP contribution in [0.2, 0.25) is 0 Å². The molecule has 3 aromatic rings. The number of aryl methyl sites for hydroxylation is 1. The highest BCUT2D eigenvalue weighted by Crippen LogP contribution is 2.31. The van der Waals surface area contributed by atoms with Crippen molar-refractivity contribution in [2.45, 2.75) is 13.3 Å². The summed E-state index contributed by atoms with van der Waals surface area (Å²) in [4.78, 5) is 9.83. The Morgan fingerprint density at radius 3 is 3.00 bits per heavy atom. The van der Waals surface area contributed by atoms with Gasteiger partial charge in [-0.05, 0) is 37.1 Å². The Hall–Kier alpha value is -2.21. The lowest BCUT2D eigenvalue weighted by molar-refractivity contribution is 0.629. The second-order valence-electron chi connectivity index (χ2n) is 5.44. The van der Waals surface area contributed by atoms with Gasteiger partial charge < -0.3 is 9.88 Å². The number of aromatic nitrogens is 3. The van der Waals surface area contributed by atoms with E-state index < -0.39 is 0 Å². The maximum atomic E-state index is 13.3. The van der Waals surface area contributed by atoms with E-state index in [-0.39, 0.29) is 5.82 Å². The lowest BCUT2D eigenvalue weighted by Crippen LogP contribution is -2.28. The molecule has 0 bridgehead atoms. The summed E-state index contributed by atoms with van der Waals surface area (Å²) in [6, 6.07) is 4.90. The molecule has 4 rings (SSSR count). The molecule has 0 saturated heterocycles. The molecular formula is C16H15FN4S. The normalized spacial score (nSPS) is 15.4. The molecule has 0 unspecified atom stereocenters. The van der Waals surface area contributed by atoms with Gasteiger partial charge in [-0.25, -0.2) is 9.37 Å². The van der Waals surface area contributed by atoms with Crippen molar-refractivity contribution < 1.29 is 4.39 Å². The van der Waals surface area contributed by atoms with Crippen LogP contribution in [0.1, 0.15) is 17.8 Å². The van der Waals surface area contributed by atoms with Gasteiger partial charge in [0.1, 0.15) is 11.6 Å². The first-order valence-electron chi connectivity index (χ1n) is 7.22. The van der Waals surface area contributed by atoms with E-state index in [2.05, 4.69) is 25.3 Å². The summed E-state index contributed by atoms with van der Waals surface area (Å²) in [5.74, 6) is 0.616. The largest absolute Gasteiger partial charge is 0.360 e. The summed E-state index contributed by atoms with van der Waals surface area (Å²) in [6.45, 7) is 3.67. The minimum Gasteiger partial charge on any atom is -0.360 e. The average Bonchev–Trinajstić information content (AvgIpc) is 3.13. The van der Waals surface area contributed by atoms with Crippen LogP contribution in [0.5, 0.6) is 0 Å². The molecule has 2 aromatic heterocycles. The number of nitrogens with one attached hydrogen (secondary N) is 1. The maximum absolute atomic E-state index is 13.3. The molecule has 22 heavy (non-hydrogen) atoms. The molecule has 1 aliphatic rings. The zero-order valence-corrected chi connectivity index (χ0v) is 13.0. The van der Waals surface area contributed by atoms with Crippen LogP contribution in [0.3, 0.4) is 0 Å². The quantitative estimate of drug-likeness (QED) is 0.783. The third kappa shape index (κ3) is 2.29. The molecule has 0 saturated carbocycles. The van der Waals surface area contributed by atoms with Gasteiger partial charge in [0.25, 0.3) is 0 Å². The van der Waals surface area contributed by atoms with Crippen LogP contribution in [0.25, 0.3) is 16.5 Å². The third-order valence-corrected chi connectivity index (χ3v) is 4.85. The fraction of sp³-hybridized carbons (Fsp3) is 0.250. The molecule has 0 radical (unpaired) electrons. The van der Waals surface area contributed by atoms with E-state index in [0.29, 0.717) is 0 Å². The first-order valence-corrected chi connectivity index (χ1v) is 7.99. The summed E-state index contributed by atoms with van der Waals surface area (Å²) in [7, 11) is 0. The Bertz CT molecular complexity index is 864. The third-order valence-electron chi connectivity index (χ3n) is 3.99. The zero-order valence-electron chi connectivity index (χ0n) is 12.1. The fourth-order valence-corrected chi connectivity index (χ4v) is 3.57. The van der Waals surface area contributed by atoms with Crippen molar-refractivity contribution in [3.63, 3.8) is 0 Å². The van der Waals surface area contributed by atoms with Crippen molar-refractivity contribution in [1.82, 2.24) is 14.3 Å². The predicted molar refractivity (Wildman–Crippen MR) is 87.7 cm³/mol. The average molecular weight is 314 g/mol. The fourth-order valence-electron chi connectivity index (χ4n) is 2.87. The van der Waals surface area contributed by atoms with E-state index in [0.717, 1.165) is 41.4 Å². The number of fused-ring (bicyclic) bond motifs is 1. The van der Waals surface area contributed by atoms with E-state index in [9.17, 15) is 4.39 Å². The van der Waals surface area contributed by atoms with Crippen molar-refractivity contribution in [2.24, 2.45) is 0 Å². The smallest absolute Gasteiger partial charge is 0.205 e. The van der Waals surface area contributed by atoms with Gasteiger partial charge in [0, 0.05) is 47.3 Å². The molecule has 6 heteroatoms. The van der Waals surface area contributed by atoms with Crippen LogP contribution in [0.15, 0.2) is 30.5 Å². The van der Waals surface area contributed by atoms with Crippen LogP contribution < -0.4 is 4.90 Å². The Morgan fingerprint density at radius 2 is 2.27 bits per heavy atom. The number of halogens is 1. The monoisotopic (exact) mass is 314 g/mol. The highest BCUT2D eigenvalue weighted by atomic mass is 32.1. The molecule has 3 heterocycles. The zero-order chi connectivity index (χ0) is 15.1. The van der Waals surface area contributed by atoms with E-state index in [4.69, 9.17) is 0 Å². The molecule has 1 aromatic carbocycles. The van der Waals surface area contributed by atoms with Crippen molar-refractivity contribution in [1.29, 1.82) is 0 Å². The summed E-state index contributed by atoms with van der Waals surface area (Å²) in [6.07, 6.45) is 5.15. The number of anilines is 1. The van der Waals surface area contributed by atoms with E-state index in [1.807, 2.05) is 19.2 Å². The minimum absolute atomic E-state index is 0.212. The Kier molecular flexibility index (Phi) is 3.18. The first kappa shape index (κ1) is 13.5. The molecule has 0 atom stereocenters. The number of hydrogen-bond acceptors (Lipinski definition) is 4. The second-order valence-corrected chi connectivity index (χ2v) is 6.17. The van der Waals surface area contributed by atoms with E-state index in [1.54, 1.807) is 6.07 Å². The molecule has 0 amide bonds. The van der Waals surface area contributed by atoms with Gasteiger partial charge >= 0.3 is 0 Å². The second kappa shape index (κ2) is 5.21. The van der Waals surface area contributed by atoms with Crippen molar-refractivity contribution in [3.05, 3.63) is 47.7 Å². The SMILES string of the molecule is Cc1nsc(N2CC=C(c3c[nH]c4cc(F)ccc34)CC2)n1. The number of hydrogen-bond donors (Lipinski definition) is 1. The predicted octanol–water partition coefficient (Wildman–Crippen LogP) is 3.76. The number of aromatic amines is 1. The van der Waals surface area contributed by atoms with Crippen LogP contribution >= 0.6 is 11.5 Å². The lowest BCUT2D eigenvalue weighted by atomic mass is 9.99. The minimum atomic E-state index is -0.212. The van der Waals surface area contributed by atoms with Crippen molar-refractivity contribution in [2.75, 3.05) is 18.0 Å². The van der Waals surface area contributed by atoms with E-state index >= 15 is 0 Å². The van der Waals surface area contributed by atoms with Crippen LogP contribution in [-0.4, -0.2) is 27.4 Å². The van der Waals surface area contributed by atoms with Gasteiger partial charge in [0.2, 0.25) is 5.13 Å². The molecule has 4 nitrogen and oxygen atoms in total. The number of H-pyrrole nitrogens is 1. The molecular weight excluding hydrogens is 299 g/mol. The standard InChI is InChI=1S/C16H15FN4S/c1-10-19-16(22-20-10)21-6-4-11(5-7-21)14-9-18-15-8-12(17)2-3-13(14)15/h2-4,8-9,18H,5-7H2,1H3. The molecule has 112 valence electrons. The maximum Gasteiger partial charge on any atom is 0.205 e. The van der Waals surface area contributed by atoms with Gasteiger partial charge in [-0.1, -0.05) is 6.08 Å². The number of benzene rings is 1. The highest BCUT2D eigenvalue weighted by molar-refractivity contribution is 7.09.